The van der Waals surface area contributed by atoms with Crippen molar-refractivity contribution in [3.63, 3.8) is 0 Å². The monoisotopic (exact) mass is 543 g/mol. The highest BCUT2D eigenvalue weighted by Crippen LogP contribution is 2.21. The molecule has 10 heteroatoms. The van der Waals surface area contributed by atoms with Gasteiger partial charge in [0.15, 0.2) is 0 Å². The number of allylic oxidation sites excluding steroid dienone is 1. The van der Waals surface area contributed by atoms with Crippen LogP contribution in [0.25, 0.3) is 0 Å². The van der Waals surface area contributed by atoms with Crippen LogP contribution in [0.5, 0.6) is 0 Å². The SMILES string of the molecule is C=CC[C@@H](CC(=O)N1CCC[C@H]1CO)C(=O)NC(C)(C)COC(=O)[C@@H](CC=C)NC(=O)OCc1ccccc1. The summed E-state index contributed by atoms with van der Waals surface area (Å²) in [6.07, 6.45) is 4.26. The molecular weight excluding hydrogens is 502 g/mol. The lowest BCUT2D eigenvalue weighted by Crippen LogP contribution is -2.51. The fourth-order valence-electron chi connectivity index (χ4n) is 4.28. The molecule has 3 N–H and O–H groups in total. The summed E-state index contributed by atoms with van der Waals surface area (Å²) in [6, 6.07) is 7.90. The van der Waals surface area contributed by atoms with Crippen molar-refractivity contribution >= 4 is 23.9 Å². The van der Waals surface area contributed by atoms with E-state index >= 15 is 0 Å². The molecule has 1 heterocycles. The van der Waals surface area contributed by atoms with Gasteiger partial charge in [-0.15, -0.1) is 13.2 Å². The van der Waals surface area contributed by atoms with Gasteiger partial charge in [-0.3, -0.25) is 9.59 Å². The fourth-order valence-corrected chi connectivity index (χ4v) is 4.28. The van der Waals surface area contributed by atoms with Gasteiger partial charge in [0.1, 0.15) is 19.3 Å². The largest absolute Gasteiger partial charge is 0.462 e. The number of rotatable bonds is 15. The van der Waals surface area contributed by atoms with Gasteiger partial charge in [-0.25, -0.2) is 9.59 Å². The number of aliphatic hydroxyl groups excluding tert-OH is 1. The molecule has 1 fully saturated rings. The van der Waals surface area contributed by atoms with E-state index in [1.54, 1.807) is 24.8 Å². The zero-order chi connectivity index (χ0) is 28.8. The second kappa shape index (κ2) is 15.7. The Balaban J connectivity index is 1.89. The lowest BCUT2D eigenvalue weighted by atomic mass is 9.97. The number of esters is 1. The van der Waals surface area contributed by atoms with Gasteiger partial charge in [-0.1, -0.05) is 42.5 Å². The molecule has 0 aromatic heterocycles. The third kappa shape index (κ3) is 10.6. The molecule has 0 radical (unpaired) electrons. The quantitative estimate of drug-likeness (QED) is 0.229. The second-order valence-corrected chi connectivity index (χ2v) is 10.3. The molecule has 1 aromatic carbocycles. The summed E-state index contributed by atoms with van der Waals surface area (Å²) >= 11 is 0. The molecule has 1 saturated heterocycles. The van der Waals surface area contributed by atoms with Crippen LogP contribution >= 0.6 is 0 Å². The summed E-state index contributed by atoms with van der Waals surface area (Å²) in [4.78, 5) is 52.5. The molecule has 3 atom stereocenters. The molecule has 39 heavy (non-hydrogen) atoms. The standard InChI is InChI=1S/C29H41N3O7/c1-5-11-22(17-25(34)32-16-10-15-23(32)18-33)26(35)31-29(3,4)20-39-27(36)24(12-6-2)30-28(37)38-19-21-13-8-7-9-14-21/h5-9,13-14,22-24,33H,1-2,10-12,15-20H2,3-4H3,(H,30,37)(H,31,35)/t22-,23-,24+/m0/s1. The Labute approximate surface area is 230 Å². The third-order valence-electron chi connectivity index (χ3n) is 6.38. The third-order valence-corrected chi connectivity index (χ3v) is 6.38. The second-order valence-electron chi connectivity index (χ2n) is 10.3. The summed E-state index contributed by atoms with van der Waals surface area (Å²) in [6.45, 7) is 11.0. The number of carbonyl (C=O) groups excluding carboxylic acids is 4. The average Bonchev–Trinajstić information content (AvgIpc) is 3.40. The van der Waals surface area contributed by atoms with E-state index < -0.39 is 29.6 Å². The molecule has 10 nitrogen and oxygen atoms in total. The molecule has 0 aliphatic carbocycles. The number of alkyl carbamates (subject to hydrolysis) is 1. The highest BCUT2D eigenvalue weighted by atomic mass is 16.6. The van der Waals surface area contributed by atoms with E-state index in [-0.39, 0.29) is 50.5 Å². The maximum absolute atomic E-state index is 13.1. The molecule has 3 amide bonds. The highest BCUT2D eigenvalue weighted by Gasteiger charge is 2.33. The Morgan fingerprint density at radius 3 is 2.46 bits per heavy atom. The summed E-state index contributed by atoms with van der Waals surface area (Å²) < 4.78 is 10.6. The van der Waals surface area contributed by atoms with Gasteiger partial charge in [0.2, 0.25) is 11.8 Å². The van der Waals surface area contributed by atoms with Crippen LogP contribution in [0.15, 0.2) is 55.6 Å². The molecule has 1 aromatic rings. The number of aliphatic hydroxyl groups is 1. The lowest BCUT2D eigenvalue weighted by molar-refractivity contribution is -0.149. The Bertz CT molecular complexity index is 996. The minimum atomic E-state index is -1.01. The fraction of sp³-hybridized carbons (Fsp3) is 0.517. The van der Waals surface area contributed by atoms with Crippen molar-refractivity contribution in [1.29, 1.82) is 0 Å². The molecule has 1 aliphatic rings. The predicted molar refractivity (Wildman–Crippen MR) is 146 cm³/mol. The first-order valence-corrected chi connectivity index (χ1v) is 13.2. The minimum absolute atomic E-state index is 0.0133. The number of nitrogens with one attached hydrogen (secondary N) is 2. The van der Waals surface area contributed by atoms with E-state index in [2.05, 4.69) is 23.8 Å². The Morgan fingerprint density at radius 2 is 1.82 bits per heavy atom. The van der Waals surface area contributed by atoms with E-state index in [0.29, 0.717) is 13.0 Å². The van der Waals surface area contributed by atoms with Crippen LogP contribution < -0.4 is 10.6 Å². The number of hydrogen-bond acceptors (Lipinski definition) is 7. The maximum Gasteiger partial charge on any atom is 0.408 e. The first kappa shape index (κ1) is 31.6. The van der Waals surface area contributed by atoms with Gasteiger partial charge in [0.25, 0.3) is 0 Å². The lowest BCUT2D eigenvalue weighted by Gasteiger charge is -2.30. The number of benzene rings is 1. The van der Waals surface area contributed by atoms with E-state index in [0.717, 1.165) is 18.4 Å². The van der Waals surface area contributed by atoms with Crippen LogP contribution in [0.1, 0.15) is 51.5 Å². The average molecular weight is 544 g/mol. The van der Waals surface area contributed by atoms with Gasteiger partial charge in [0.05, 0.1) is 24.1 Å². The predicted octanol–water partition coefficient (Wildman–Crippen LogP) is 2.86. The zero-order valence-corrected chi connectivity index (χ0v) is 22.9. The number of amides is 3. The summed E-state index contributed by atoms with van der Waals surface area (Å²) in [5.41, 5.74) is -0.152. The molecule has 2 rings (SSSR count). The first-order chi connectivity index (χ1) is 18.6. The van der Waals surface area contributed by atoms with Crippen molar-refractivity contribution in [3.8, 4) is 0 Å². The van der Waals surface area contributed by atoms with Crippen LogP contribution in [0, 0.1) is 5.92 Å². The number of likely N-dealkylation sites (tertiary alicyclic amines) is 1. The molecule has 1 aliphatic heterocycles. The van der Waals surface area contributed by atoms with Crippen molar-refractivity contribution in [3.05, 3.63) is 61.2 Å². The summed E-state index contributed by atoms with van der Waals surface area (Å²) in [7, 11) is 0. The van der Waals surface area contributed by atoms with Crippen molar-refractivity contribution in [2.24, 2.45) is 5.92 Å². The molecule has 0 saturated carbocycles. The van der Waals surface area contributed by atoms with Gasteiger partial charge < -0.3 is 30.1 Å². The minimum Gasteiger partial charge on any atom is -0.462 e. The van der Waals surface area contributed by atoms with Crippen LogP contribution in [0.2, 0.25) is 0 Å². The van der Waals surface area contributed by atoms with E-state index in [1.165, 1.54) is 6.08 Å². The summed E-state index contributed by atoms with van der Waals surface area (Å²) in [5.74, 6) is -1.90. The van der Waals surface area contributed by atoms with Gasteiger partial charge >= 0.3 is 12.1 Å². The molecule has 0 spiro atoms. The molecule has 0 unspecified atom stereocenters. The smallest absolute Gasteiger partial charge is 0.408 e. The van der Waals surface area contributed by atoms with Crippen molar-refractivity contribution in [1.82, 2.24) is 15.5 Å². The van der Waals surface area contributed by atoms with Crippen LogP contribution in [-0.2, 0) is 30.5 Å². The van der Waals surface area contributed by atoms with Crippen LogP contribution in [-0.4, -0.2) is 71.3 Å². The van der Waals surface area contributed by atoms with Gasteiger partial charge in [0, 0.05) is 13.0 Å². The maximum atomic E-state index is 13.1. The number of hydrogen-bond donors (Lipinski definition) is 3. The van der Waals surface area contributed by atoms with Crippen molar-refractivity contribution in [2.75, 3.05) is 19.8 Å². The van der Waals surface area contributed by atoms with Crippen molar-refractivity contribution < 1.29 is 33.8 Å². The Kier molecular flexibility index (Phi) is 12.7. The van der Waals surface area contributed by atoms with E-state index in [4.69, 9.17) is 9.47 Å². The zero-order valence-electron chi connectivity index (χ0n) is 22.9. The normalized spacial score (nSPS) is 16.5. The van der Waals surface area contributed by atoms with Gasteiger partial charge in [-0.2, -0.15) is 0 Å². The van der Waals surface area contributed by atoms with E-state index in [9.17, 15) is 24.3 Å². The molecule has 214 valence electrons. The number of ether oxygens (including phenoxy) is 2. The molecular formula is C29H41N3O7. The number of carbonyl (C=O) groups is 4. The Hall–Kier alpha value is -3.66. The van der Waals surface area contributed by atoms with E-state index in [1.807, 2.05) is 30.3 Å². The van der Waals surface area contributed by atoms with Gasteiger partial charge in [-0.05, 0) is 45.1 Å². The first-order valence-electron chi connectivity index (χ1n) is 13.2. The summed E-state index contributed by atoms with van der Waals surface area (Å²) in [5, 5.41) is 14.9. The van der Waals surface area contributed by atoms with Crippen molar-refractivity contribution in [2.45, 2.75) is 70.2 Å². The van der Waals surface area contributed by atoms with Crippen LogP contribution in [0.4, 0.5) is 4.79 Å². The Morgan fingerprint density at radius 1 is 1.13 bits per heavy atom. The highest BCUT2D eigenvalue weighted by molar-refractivity contribution is 5.86. The van der Waals surface area contributed by atoms with Crippen LogP contribution in [0.3, 0.4) is 0 Å². The molecule has 0 bridgehead atoms. The number of nitrogens with zero attached hydrogens (tertiary/aromatic N) is 1. The topological polar surface area (TPSA) is 134 Å².